The van der Waals surface area contributed by atoms with Gasteiger partial charge in [0.15, 0.2) is 0 Å². The van der Waals surface area contributed by atoms with Crippen LogP contribution < -0.4 is 10.6 Å². The molecule has 0 saturated carbocycles. The van der Waals surface area contributed by atoms with E-state index in [1.54, 1.807) is 17.8 Å². The van der Waals surface area contributed by atoms with Crippen LogP contribution in [0.5, 0.6) is 0 Å². The third kappa shape index (κ3) is 17.7. The molecule has 0 unspecified atom stereocenters. The standard InChI is InChI=1S/C22H27FN4OS.C6H15N.2C3H8.CH4O/c1-5-16-11-17(7-8-18(16)23)26-21-15(4)22(25-13-24-21)29-19-12-27(20(28)6-2)10-9-14(19)3;1-3-5-6-7-4-2;2*1-3-2;1-2/h7-8,11,13H,5-6,9-10,12H2,1-4H3,(H,24,25,26);7H,3-6H2,1-2H3;2*3H2,1-2H3;2H,1H3. The molecule has 252 valence electrons. The van der Waals surface area contributed by atoms with Crippen molar-refractivity contribution in [3.05, 3.63) is 51.9 Å². The minimum atomic E-state index is -0.195. The second-order valence-electron chi connectivity index (χ2n) is 10.3. The molecule has 9 heteroatoms. The largest absolute Gasteiger partial charge is 0.400 e. The highest BCUT2D eigenvalue weighted by Crippen LogP contribution is 2.35. The van der Waals surface area contributed by atoms with E-state index in [4.69, 9.17) is 5.11 Å². The first kappa shape index (κ1) is 43.6. The van der Waals surface area contributed by atoms with Crippen LogP contribution in [0.2, 0.25) is 0 Å². The van der Waals surface area contributed by atoms with Crippen LogP contribution in [0.3, 0.4) is 0 Å². The van der Waals surface area contributed by atoms with E-state index in [9.17, 15) is 9.18 Å². The van der Waals surface area contributed by atoms with Crippen LogP contribution >= 0.6 is 11.8 Å². The number of anilines is 2. The first-order chi connectivity index (χ1) is 21.2. The summed E-state index contributed by atoms with van der Waals surface area (Å²) < 4.78 is 13.8. The number of aromatic nitrogens is 2. The number of aliphatic hydroxyl groups is 1. The Morgan fingerprint density at radius 3 is 2.20 bits per heavy atom. The Kier molecular flexibility index (Phi) is 27.8. The van der Waals surface area contributed by atoms with Gasteiger partial charge in [-0.1, -0.05) is 92.0 Å². The zero-order chi connectivity index (χ0) is 33.9. The molecule has 0 fully saturated rings. The lowest BCUT2D eigenvalue weighted by Crippen LogP contribution is -2.35. The zero-order valence-electron chi connectivity index (χ0n) is 29.6. The molecule has 1 aliphatic heterocycles. The van der Waals surface area contributed by atoms with E-state index in [-0.39, 0.29) is 11.7 Å². The fourth-order valence-electron chi connectivity index (χ4n) is 3.70. The second kappa shape index (κ2) is 28.0. The van der Waals surface area contributed by atoms with E-state index >= 15 is 0 Å². The monoisotopic (exact) mass is 635 g/mol. The molecule has 1 aromatic carbocycles. The van der Waals surface area contributed by atoms with Gasteiger partial charge >= 0.3 is 0 Å². The normalized spacial score (nSPS) is 11.9. The van der Waals surface area contributed by atoms with Crippen molar-refractivity contribution in [2.24, 2.45) is 0 Å². The molecule has 0 atom stereocenters. The highest BCUT2D eigenvalue weighted by Gasteiger charge is 2.22. The molecule has 1 aromatic heterocycles. The number of carbonyl (C=O) groups excluding carboxylic acids is 1. The van der Waals surface area contributed by atoms with Crippen LogP contribution in [0, 0.1) is 12.7 Å². The summed E-state index contributed by atoms with van der Waals surface area (Å²) in [6.45, 7) is 24.5. The van der Waals surface area contributed by atoms with Crippen molar-refractivity contribution in [2.45, 2.75) is 119 Å². The van der Waals surface area contributed by atoms with E-state index in [1.165, 1.54) is 55.1 Å². The summed E-state index contributed by atoms with van der Waals surface area (Å²) >= 11 is 1.60. The van der Waals surface area contributed by atoms with Crippen LogP contribution in [0.25, 0.3) is 0 Å². The van der Waals surface area contributed by atoms with Crippen molar-refractivity contribution in [2.75, 3.05) is 38.6 Å². The van der Waals surface area contributed by atoms with Crippen LogP contribution in [-0.4, -0.2) is 59.2 Å². The highest BCUT2D eigenvalue weighted by molar-refractivity contribution is 8.03. The lowest BCUT2D eigenvalue weighted by Gasteiger charge is -2.29. The van der Waals surface area contributed by atoms with Gasteiger partial charge in [-0.15, -0.1) is 0 Å². The Morgan fingerprint density at radius 2 is 1.66 bits per heavy atom. The molecule has 1 aliphatic rings. The van der Waals surface area contributed by atoms with Crippen molar-refractivity contribution < 1.29 is 14.3 Å². The first-order valence-electron chi connectivity index (χ1n) is 16.3. The molecule has 2 heterocycles. The Balaban J connectivity index is 0. The summed E-state index contributed by atoms with van der Waals surface area (Å²) in [5, 5.41) is 14.4. The molecule has 0 bridgehead atoms. The highest BCUT2D eigenvalue weighted by atomic mass is 32.2. The number of rotatable bonds is 10. The summed E-state index contributed by atoms with van der Waals surface area (Å²) in [5.41, 5.74) is 3.70. The van der Waals surface area contributed by atoms with Gasteiger partial charge in [0.05, 0.1) is 6.54 Å². The second-order valence-corrected chi connectivity index (χ2v) is 11.4. The molecule has 0 saturated heterocycles. The predicted octanol–water partition coefficient (Wildman–Crippen LogP) is 9.08. The van der Waals surface area contributed by atoms with Crippen molar-refractivity contribution in [1.82, 2.24) is 20.2 Å². The number of aliphatic hydroxyl groups excluding tert-OH is 1. The summed E-state index contributed by atoms with van der Waals surface area (Å²) in [6.07, 6.45) is 8.69. The molecule has 0 spiro atoms. The SMILES string of the molecule is CCC.CCC.CCC(=O)N1CCC(C)=C(Sc2ncnc(Nc3ccc(F)c(CC)c3)c2C)C1.CCCCNCC.CO. The van der Waals surface area contributed by atoms with Gasteiger partial charge in [-0.05, 0) is 70.0 Å². The number of halogens is 1. The number of carbonyl (C=O) groups is 1. The Labute approximate surface area is 272 Å². The number of nitrogens with one attached hydrogen (secondary N) is 2. The van der Waals surface area contributed by atoms with Gasteiger partial charge in [0.25, 0.3) is 0 Å². The molecule has 0 radical (unpaired) electrons. The number of hydrogen-bond acceptors (Lipinski definition) is 7. The number of hydrogen-bond donors (Lipinski definition) is 3. The van der Waals surface area contributed by atoms with Crippen LogP contribution in [0.1, 0.15) is 112 Å². The number of nitrogens with zero attached hydrogens (tertiary/aromatic N) is 3. The number of thioether (sulfide) groups is 1. The fraction of sp³-hybridized carbons (Fsp3) is 0.629. The van der Waals surface area contributed by atoms with Gasteiger partial charge in [0.1, 0.15) is 23.0 Å². The molecule has 3 N–H and O–H groups in total. The topological polar surface area (TPSA) is 90.4 Å². The lowest BCUT2D eigenvalue weighted by molar-refractivity contribution is -0.130. The Bertz CT molecular complexity index is 1060. The smallest absolute Gasteiger partial charge is 0.222 e. The molecule has 44 heavy (non-hydrogen) atoms. The van der Waals surface area contributed by atoms with Crippen molar-refractivity contribution in [3.8, 4) is 0 Å². The van der Waals surface area contributed by atoms with E-state index in [1.807, 2.05) is 31.7 Å². The molecule has 0 aliphatic carbocycles. The maximum absolute atomic E-state index is 13.8. The number of benzene rings is 1. The molecular formula is C35H62FN5O2S. The van der Waals surface area contributed by atoms with Gasteiger partial charge in [0.2, 0.25) is 5.91 Å². The summed E-state index contributed by atoms with van der Waals surface area (Å²) in [7, 11) is 1.00. The Morgan fingerprint density at radius 1 is 1.02 bits per heavy atom. The number of aryl methyl sites for hydroxylation is 1. The van der Waals surface area contributed by atoms with Crippen LogP contribution in [0.4, 0.5) is 15.9 Å². The Hall–Kier alpha value is -2.49. The average Bonchev–Trinajstić information content (AvgIpc) is 3.03. The zero-order valence-corrected chi connectivity index (χ0v) is 30.4. The fourth-order valence-corrected chi connectivity index (χ4v) is 4.78. The summed E-state index contributed by atoms with van der Waals surface area (Å²) in [6, 6.07) is 5.00. The maximum atomic E-state index is 13.8. The third-order valence-electron chi connectivity index (χ3n) is 6.13. The third-order valence-corrected chi connectivity index (χ3v) is 7.46. The van der Waals surface area contributed by atoms with Crippen molar-refractivity contribution in [3.63, 3.8) is 0 Å². The first-order valence-corrected chi connectivity index (χ1v) is 17.2. The minimum absolute atomic E-state index is 0.181. The minimum Gasteiger partial charge on any atom is -0.400 e. The van der Waals surface area contributed by atoms with Gasteiger partial charge in [-0.2, -0.15) is 0 Å². The van der Waals surface area contributed by atoms with Crippen LogP contribution in [0.15, 0.2) is 40.0 Å². The maximum Gasteiger partial charge on any atom is 0.222 e. The molecule has 1 amide bonds. The van der Waals surface area contributed by atoms with Gasteiger partial charge in [-0.3, -0.25) is 4.79 Å². The van der Waals surface area contributed by atoms with E-state index in [0.717, 1.165) is 42.9 Å². The molecule has 7 nitrogen and oxygen atoms in total. The van der Waals surface area contributed by atoms with Gasteiger partial charge in [-0.25, -0.2) is 14.4 Å². The van der Waals surface area contributed by atoms with Crippen molar-refractivity contribution in [1.29, 1.82) is 0 Å². The molecule has 2 aromatic rings. The van der Waals surface area contributed by atoms with Crippen molar-refractivity contribution >= 4 is 29.2 Å². The van der Waals surface area contributed by atoms with Gasteiger partial charge in [0, 0.05) is 36.2 Å². The number of amides is 1. The van der Waals surface area contributed by atoms with E-state index in [2.05, 4.69) is 69.1 Å². The van der Waals surface area contributed by atoms with E-state index < -0.39 is 0 Å². The average molecular weight is 636 g/mol. The van der Waals surface area contributed by atoms with Crippen LogP contribution in [-0.2, 0) is 11.2 Å². The van der Waals surface area contributed by atoms with E-state index in [0.29, 0.717) is 30.8 Å². The molecule has 3 rings (SSSR count). The summed E-state index contributed by atoms with van der Waals surface area (Å²) in [5.74, 6) is 0.687. The lowest BCUT2D eigenvalue weighted by atomic mass is 10.1. The van der Waals surface area contributed by atoms with Gasteiger partial charge < -0.3 is 20.6 Å². The summed E-state index contributed by atoms with van der Waals surface area (Å²) in [4.78, 5) is 24.0. The quantitative estimate of drug-likeness (QED) is 0.177. The number of unbranched alkanes of at least 4 members (excludes halogenated alkanes) is 1. The molecular weight excluding hydrogens is 573 g/mol. The predicted molar refractivity (Wildman–Crippen MR) is 189 cm³/mol.